The highest BCUT2D eigenvalue weighted by molar-refractivity contribution is 5.92. The highest BCUT2D eigenvalue weighted by atomic mass is 16.5. The van der Waals surface area contributed by atoms with Crippen molar-refractivity contribution in [1.29, 1.82) is 0 Å². The Balaban J connectivity index is 1.28. The number of anilines is 2. The van der Waals surface area contributed by atoms with Crippen molar-refractivity contribution in [3.05, 3.63) is 41.8 Å². The molecule has 7 nitrogen and oxygen atoms in total. The Morgan fingerprint density at radius 3 is 2.44 bits per heavy atom. The van der Waals surface area contributed by atoms with Crippen LogP contribution in [0.25, 0.3) is 0 Å². The Morgan fingerprint density at radius 1 is 1.15 bits per heavy atom. The first kappa shape index (κ1) is 17.6. The van der Waals surface area contributed by atoms with Crippen LogP contribution in [0.2, 0.25) is 0 Å². The number of piperazine rings is 1. The van der Waals surface area contributed by atoms with Gasteiger partial charge in [0.2, 0.25) is 11.8 Å². The number of aromatic nitrogens is 1. The first-order chi connectivity index (χ1) is 13.1. The van der Waals surface area contributed by atoms with Gasteiger partial charge < -0.3 is 19.6 Å². The van der Waals surface area contributed by atoms with Gasteiger partial charge in [-0.25, -0.2) is 0 Å². The lowest BCUT2D eigenvalue weighted by Gasteiger charge is -2.36. The Morgan fingerprint density at radius 2 is 1.85 bits per heavy atom. The molecule has 1 aromatic carbocycles. The molecule has 2 fully saturated rings. The molecule has 0 atom stereocenters. The summed E-state index contributed by atoms with van der Waals surface area (Å²) in [5.41, 5.74) is 2.49. The molecule has 0 bridgehead atoms. The zero-order chi connectivity index (χ0) is 18.8. The van der Waals surface area contributed by atoms with Crippen molar-refractivity contribution in [3.63, 3.8) is 0 Å². The Bertz CT molecular complexity index is 818. The lowest BCUT2D eigenvalue weighted by Crippen LogP contribution is -2.49. The topological polar surface area (TPSA) is 78.7 Å². The third-order valence-corrected chi connectivity index (χ3v) is 5.05. The molecule has 2 heterocycles. The van der Waals surface area contributed by atoms with E-state index in [9.17, 15) is 9.59 Å². The van der Waals surface area contributed by atoms with E-state index < -0.39 is 0 Å². The number of benzene rings is 1. The molecule has 1 aliphatic heterocycles. The number of carbonyl (C=O) groups excluding carboxylic acids is 2. The molecule has 0 spiro atoms. The molecule has 27 heavy (non-hydrogen) atoms. The minimum absolute atomic E-state index is 0.122. The van der Waals surface area contributed by atoms with Crippen LogP contribution in [0, 0.1) is 12.8 Å². The van der Waals surface area contributed by atoms with Crippen molar-refractivity contribution in [2.24, 2.45) is 5.92 Å². The summed E-state index contributed by atoms with van der Waals surface area (Å²) in [4.78, 5) is 28.5. The fourth-order valence-electron chi connectivity index (χ4n) is 3.40. The molecule has 2 aromatic rings. The van der Waals surface area contributed by atoms with Crippen LogP contribution in [-0.2, 0) is 16.0 Å². The highest BCUT2D eigenvalue weighted by Gasteiger charge is 2.34. The van der Waals surface area contributed by atoms with E-state index >= 15 is 0 Å². The van der Waals surface area contributed by atoms with E-state index in [1.807, 2.05) is 29.2 Å². The predicted octanol–water partition coefficient (Wildman–Crippen LogP) is 2.22. The van der Waals surface area contributed by atoms with Crippen LogP contribution in [0.15, 0.2) is 34.9 Å². The lowest BCUT2D eigenvalue weighted by molar-refractivity contribution is -0.132. The molecule has 1 aliphatic carbocycles. The SMILES string of the molecule is Cc1cc(CC(=O)Nc2ccc(N3CCN(C(=O)C4CC4)CC3)cc2)no1. The molecule has 2 aliphatic rings. The van der Waals surface area contributed by atoms with Crippen LogP contribution in [0.3, 0.4) is 0 Å². The minimum atomic E-state index is -0.122. The average molecular weight is 368 g/mol. The van der Waals surface area contributed by atoms with Gasteiger partial charge in [-0.15, -0.1) is 0 Å². The van der Waals surface area contributed by atoms with Gasteiger partial charge in [-0.1, -0.05) is 5.16 Å². The maximum atomic E-state index is 12.1. The molecule has 7 heteroatoms. The van der Waals surface area contributed by atoms with Crippen molar-refractivity contribution in [2.75, 3.05) is 36.4 Å². The average Bonchev–Trinajstić information content (AvgIpc) is 3.45. The Hall–Kier alpha value is -2.83. The van der Waals surface area contributed by atoms with E-state index in [1.54, 1.807) is 13.0 Å². The number of hydrogen-bond donors (Lipinski definition) is 1. The van der Waals surface area contributed by atoms with Gasteiger partial charge in [0.15, 0.2) is 0 Å². The van der Waals surface area contributed by atoms with Gasteiger partial charge in [0.05, 0.1) is 12.1 Å². The van der Waals surface area contributed by atoms with E-state index in [0.717, 1.165) is 50.4 Å². The largest absolute Gasteiger partial charge is 0.368 e. The van der Waals surface area contributed by atoms with Crippen LogP contribution < -0.4 is 10.2 Å². The van der Waals surface area contributed by atoms with Crippen LogP contribution >= 0.6 is 0 Å². The van der Waals surface area contributed by atoms with Gasteiger partial charge in [0.25, 0.3) is 0 Å². The van der Waals surface area contributed by atoms with Crippen molar-refractivity contribution in [1.82, 2.24) is 10.1 Å². The third-order valence-electron chi connectivity index (χ3n) is 5.05. The number of rotatable bonds is 5. The van der Waals surface area contributed by atoms with Gasteiger partial charge in [-0.2, -0.15) is 0 Å². The molecule has 0 unspecified atom stereocenters. The number of nitrogens with zero attached hydrogens (tertiary/aromatic N) is 3. The second-order valence-electron chi connectivity index (χ2n) is 7.29. The fourth-order valence-corrected chi connectivity index (χ4v) is 3.40. The molecule has 1 saturated heterocycles. The molecule has 2 amide bonds. The molecule has 1 aromatic heterocycles. The summed E-state index contributed by atoms with van der Waals surface area (Å²) in [7, 11) is 0. The summed E-state index contributed by atoms with van der Waals surface area (Å²) in [6.45, 7) is 5.05. The maximum absolute atomic E-state index is 12.1. The highest BCUT2D eigenvalue weighted by Crippen LogP contribution is 2.31. The molecular formula is C20H24N4O3. The predicted molar refractivity (Wildman–Crippen MR) is 102 cm³/mol. The normalized spacial score (nSPS) is 17.1. The second kappa shape index (κ2) is 7.42. The number of hydrogen-bond acceptors (Lipinski definition) is 5. The van der Waals surface area contributed by atoms with Gasteiger partial charge >= 0.3 is 0 Å². The monoisotopic (exact) mass is 368 g/mol. The van der Waals surface area contributed by atoms with E-state index in [0.29, 0.717) is 23.3 Å². The summed E-state index contributed by atoms with van der Waals surface area (Å²) < 4.78 is 4.98. The Kier molecular flexibility index (Phi) is 4.83. The van der Waals surface area contributed by atoms with Crippen LogP contribution in [0.5, 0.6) is 0 Å². The summed E-state index contributed by atoms with van der Waals surface area (Å²) in [6.07, 6.45) is 2.31. The molecular weight excluding hydrogens is 344 g/mol. The van der Waals surface area contributed by atoms with Gasteiger partial charge in [0, 0.05) is 49.5 Å². The van der Waals surface area contributed by atoms with Crippen LogP contribution in [-0.4, -0.2) is 48.0 Å². The second-order valence-corrected chi connectivity index (χ2v) is 7.29. The lowest BCUT2D eigenvalue weighted by atomic mass is 10.2. The summed E-state index contributed by atoms with van der Waals surface area (Å²) >= 11 is 0. The van der Waals surface area contributed by atoms with Gasteiger partial charge in [-0.3, -0.25) is 9.59 Å². The van der Waals surface area contributed by atoms with Gasteiger partial charge in [0.1, 0.15) is 5.76 Å². The van der Waals surface area contributed by atoms with E-state index in [-0.39, 0.29) is 12.3 Å². The van der Waals surface area contributed by atoms with Crippen LogP contribution in [0.4, 0.5) is 11.4 Å². The van der Waals surface area contributed by atoms with Crippen molar-refractivity contribution >= 4 is 23.2 Å². The summed E-state index contributed by atoms with van der Waals surface area (Å²) in [5.74, 6) is 1.19. The molecule has 142 valence electrons. The fraction of sp³-hybridized carbons (Fsp3) is 0.450. The molecule has 4 rings (SSSR count). The van der Waals surface area contributed by atoms with Gasteiger partial charge in [-0.05, 0) is 44.0 Å². The number of amides is 2. The summed E-state index contributed by atoms with van der Waals surface area (Å²) in [5, 5.41) is 6.71. The zero-order valence-electron chi connectivity index (χ0n) is 15.5. The van der Waals surface area contributed by atoms with E-state index in [1.165, 1.54) is 0 Å². The van der Waals surface area contributed by atoms with Crippen molar-refractivity contribution in [3.8, 4) is 0 Å². The van der Waals surface area contributed by atoms with E-state index in [2.05, 4.69) is 15.4 Å². The first-order valence-electron chi connectivity index (χ1n) is 9.44. The molecule has 1 N–H and O–H groups in total. The smallest absolute Gasteiger partial charge is 0.230 e. The van der Waals surface area contributed by atoms with Crippen molar-refractivity contribution in [2.45, 2.75) is 26.2 Å². The molecule has 1 saturated carbocycles. The van der Waals surface area contributed by atoms with Crippen LogP contribution in [0.1, 0.15) is 24.3 Å². The maximum Gasteiger partial charge on any atom is 0.230 e. The number of aryl methyl sites for hydroxylation is 1. The standard InChI is InChI=1S/C20H24N4O3/c1-14-12-17(22-27-14)13-19(25)21-16-4-6-18(7-5-16)23-8-10-24(11-9-23)20(26)15-2-3-15/h4-7,12,15H,2-3,8-11,13H2,1H3,(H,21,25). The van der Waals surface area contributed by atoms with Crippen molar-refractivity contribution < 1.29 is 14.1 Å². The summed E-state index contributed by atoms with van der Waals surface area (Å²) in [6, 6.07) is 9.59. The first-order valence-corrected chi connectivity index (χ1v) is 9.44. The third kappa shape index (κ3) is 4.30. The molecule has 0 radical (unpaired) electrons. The Labute approximate surface area is 158 Å². The minimum Gasteiger partial charge on any atom is -0.368 e. The zero-order valence-corrected chi connectivity index (χ0v) is 15.5. The van der Waals surface area contributed by atoms with E-state index in [4.69, 9.17) is 4.52 Å². The number of carbonyl (C=O) groups is 2. The number of nitrogens with one attached hydrogen (secondary N) is 1. The quantitative estimate of drug-likeness (QED) is 0.876.